The van der Waals surface area contributed by atoms with E-state index in [1.807, 2.05) is 49.4 Å². The lowest BCUT2D eigenvalue weighted by Crippen LogP contribution is -2.04. The van der Waals surface area contributed by atoms with Crippen molar-refractivity contribution in [1.82, 2.24) is 0 Å². The zero-order chi connectivity index (χ0) is 20.8. The van der Waals surface area contributed by atoms with Gasteiger partial charge in [0.05, 0.1) is 6.61 Å². The van der Waals surface area contributed by atoms with E-state index in [1.54, 1.807) is 0 Å². The van der Waals surface area contributed by atoms with Gasteiger partial charge in [0.25, 0.3) is 0 Å². The lowest BCUT2D eigenvalue weighted by molar-refractivity contribution is 0.305. The fourth-order valence-electron chi connectivity index (χ4n) is 3.43. The minimum Gasteiger partial charge on any atom is -0.494 e. The van der Waals surface area contributed by atoms with E-state index in [0.717, 1.165) is 28.3 Å². The van der Waals surface area contributed by atoms with Crippen molar-refractivity contribution < 1.29 is 9.47 Å². The third kappa shape index (κ3) is 4.87. The maximum absolute atomic E-state index is 6.25. The number of hydrogen-bond acceptors (Lipinski definition) is 3. The largest absolute Gasteiger partial charge is 0.494 e. The van der Waals surface area contributed by atoms with Crippen LogP contribution in [-0.4, -0.2) is 6.61 Å². The molecule has 3 nitrogen and oxygen atoms in total. The lowest BCUT2D eigenvalue weighted by Gasteiger charge is -2.15. The number of hydrogen-bond donors (Lipinski definition) is 1. The number of fused-ring (bicyclic) bond motifs is 1. The molecule has 30 heavy (non-hydrogen) atoms. The molecule has 152 valence electrons. The first-order valence-electron chi connectivity index (χ1n) is 10.1. The van der Waals surface area contributed by atoms with Crippen LogP contribution in [0.5, 0.6) is 11.5 Å². The molecule has 0 atom stereocenters. The molecule has 0 radical (unpaired) electrons. The normalized spacial score (nSPS) is 10.7. The van der Waals surface area contributed by atoms with Crippen LogP contribution < -0.4 is 14.8 Å². The van der Waals surface area contributed by atoms with Gasteiger partial charge < -0.3 is 14.8 Å². The molecule has 0 aliphatic carbocycles. The second kappa shape index (κ2) is 9.55. The Morgan fingerprint density at radius 2 is 1.60 bits per heavy atom. The Balaban J connectivity index is 1.47. The Labute approximate surface area is 182 Å². The van der Waals surface area contributed by atoms with Gasteiger partial charge in [-0.05, 0) is 65.7 Å². The monoisotopic (exact) mass is 417 g/mol. The summed E-state index contributed by atoms with van der Waals surface area (Å²) in [4.78, 5) is 0. The van der Waals surface area contributed by atoms with Gasteiger partial charge >= 0.3 is 0 Å². The predicted molar refractivity (Wildman–Crippen MR) is 125 cm³/mol. The molecular weight excluding hydrogens is 394 g/mol. The number of rotatable bonds is 8. The quantitative estimate of drug-likeness (QED) is 0.332. The minimum atomic E-state index is 0.499. The fraction of sp³-hybridized carbons (Fsp3) is 0.154. The second-order valence-electron chi connectivity index (χ2n) is 6.99. The van der Waals surface area contributed by atoms with Crippen LogP contribution in [0, 0.1) is 0 Å². The molecule has 0 amide bonds. The molecule has 0 aliphatic rings. The molecule has 4 rings (SSSR count). The first-order chi connectivity index (χ1) is 14.7. The molecule has 0 bridgehead atoms. The summed E-state index contributed by atoms with van der Waals surface area (Å²) in [5.41, 5.74) is 3.18. The highest BCUT2D eigenvalue weighted by Crippen LogP contribution is 2.27. The van der Waals surface area contributed by atoms with E-state index in [-0.39, 0.29) is 0 Å². The molecule has 0 spiro atoms. The van der Waals surface area contributed by atoms with Crippen molar-refractivity contribution in [3.05, 3.63) is 101 Å². The van der Waals surface area contributed by atoms with Crippen LogP contribution in [0.4, 0.5) is 5.69 Å². The molecule has 0 saturated carbocycles. The molecule has 0 saturated heterocycles. The minimum absolute atomic E-state index is 0.499. The Hall–Kier alpha value is -3.17. The average Bonchev–Trinajstić information content (AvgIpc) is 2.78. The Morgan fingerprint density at radius 3 is 2.43 bits per heavy atom. The highest BCUT2D eigenvalue weighted by atomic mass is 35.5. The highest BCUT2D eigenvalue weighted by Gasteiger charge is 2.08. The average molecular weight is 418 g/mol. The van der Waals surface area contributed by atoms with Crippen LogP contribution in [0.25, 0.3) is 10.8 Å². The molecular formula is C26H24ClNO2. The predicted octanol–water partition coefficient (Wildman–Crippen LogP) is 7.08. The molecule has 4 aromatic carbocycles. The van der Waals surface area contributed by atoms with Gasteiger partial charge in [0.2, 0.25) is 0 Å². The van der Waals surface area contributed by atoms with Crippen molar-refractivity contribution in [1.29, 1.82) is 0 Å². The van der Waals surface area contributed by atoms with E-state index in [0.29, 0.717) is 24.8 Å². The van der Waals surface area contributed by atoms with Crippen LogP contribution in [0.15, 0.2) is 84.9 Å². The van der Waals surface area contributed by atoms with Crippen molar-refractivity contribution >= 4 is 28.1 Å². The van der Waals surface area contributed by atoms with Crippen LogP contribution in [0.2, 0.25) is 5.02 Å². The van der Waals surface area contributed by atoms with Gasteiger partial charge in [-0.2, -0.15) is 0 Å². The van der Waals surface area contributed by atoms with E-state index >= 15 is 0 Å². The number of anilines is 1. The fourth-order valence-corrected chi connectivity index (χ4v) is 3.63. The maximum Gasteiger partial charge on any atom is 0.124 e. The molecule has 0 heterocycles. The van der Waals surface area contributed by atoms with E-state index < -0.39 is 0 Å². The third-order valence-corrected chi connectivity index (χ3v) is 5.17. The van der Waals surface area contributed by atoms with E-state index in [9.17, 15) is 0 Å². The highest BCUT2D eigenvalue weighted by molar-refractivity contribution is 6.30. The van der Waals surface area contributed by atoms with Gasteiger partial charge in [0, 0.05) is 22.8 Å². The van der Waals surface area contributed by atoms with Gasteiger partial charge in [0.15, 0.2) is 0 Å². The summed E-state index contributed by atoms with van der Waals surface area (Å²) in [5, 5.41) is 6.55. The van der Waals surface area contributed by atoms with Gasteiger partial charge in [-0.1, -0.05) is 54.1 Å². The maximum atomic E-state index is 6.25. The van der Waals surface area contributed by atoms with Gasteiger partial charge in [-0.15, -0.1) is 0 Å². The molecule has 0 fully saturated rings. The van der Waals surface area contributed by atoms with Crippen LogP contribution >= 0.6 is 11.6 Å². The van der Waals surface area contributed by atoms with Gasteiger partial charge in [-0.25, -0.2) is 0 Å². The molecule has 4 heteroatoms. The third-order valence-electron chi connectivity index (χ3n) is 4.93. The van der Waals surface area contributed by atoms with Gasteiger partial charge in [-0.3, -0.25) is 0 Å². The van der Waals surface area contributed by atoms with Crippen molar-refractivity contribution in [3.63, 3.8) is 0 Å². The SMILES string of the molecule is CCOc1ccc(NCc2cc(Cl)ccc2OCc2cccc3ccccc23)cc1. The Morgan fingerprint density at radius 1 is 0.800 bits per heavy atom. The number of benzene rings is 4. The van der Waals surface area contributed by atoms with Crippen molar-refractivity contribution in [3.8, 4) is 11.5 Å². The van der Waals surface area contributed by atoms with E-state index in [1.165, 1.54) is 10.8 Å². The summed E-state index contributed by atoms with van der Waals surface area (Å²) < 4.78 is 11.7. The summed E-state index contributed by atoms with van der Waals surface area (Å²) in [6, 6.07) is 28.3. The topological polar surface area (TPSA) is 30.5 Å². The summed E-state index contributed by atoms with van der Waals surface area (Å²) in [6.45, 7) is 3.75. The van der Waals surface area contributed by atoms with Crippen molar-refractivity contribution in [2.75, 3.05) is 11.9 Å². The standard InChI is InChI=1S/C26H24ClNO2/c1-2-29-24-13-11-23(12-14-24)28-17-21-16-22(27)10-15-26(21)30-18-20-8-5-7-19-6-3-4-9-25(19)20/h3-16,28H,2,17-18H2,1H3. The molecule has 0 aromatic heterocycles. The first-order valence-corrected chi connectivity index (χ1v) is 10.5. The van der Waals surface area contributed by atoms with Crippen LogP contribution in [0.3, 0.4) is 0 Å². The summed E-state index contributed by atoms with van der Waals surface area (Å²) in [7, 11) is 0. The number of halogens is 1. The summed E-state index contributed by atoms with van der Waals surface area (Å²) >= 11 is 6.25. The summed E-state index contributed by atoms with van der Waals surface area (Å²) in [5.74, 6) is 1.69. The zero-order valence-corrected chi connectivity index (χ0v) is 17.7. The first kappa shape index (κ1) is 20.1. The molecule has 0 unspecified atom stereocenters. The zero-order valence-electron chi connectivity index (χ0n) is 16.9. The van der Waals surface area contributed by atoms with Crippen LogP contribution in [-0.2, 0) is 13.2 Å². The van der Waals surface area contributed by atoms with Crippen LogP contribution in [0.1, 0.15) is 18.1 Å². The lowest BCUT2D eigenvalue weighted by atomic mass is 10.1. The van der Waals surface area contributed by atoms with E-state index in [2.05, 4.69) is 47.8 Å². The molecule has 4 aromatic rings. The van der Waals surface area contributed by atoms with Gasteiger partial charge in [0.1, 0.15) is 18.1 Å². The van der Waals surface area contributed by atoms with Crippen molar-refractivity contribution in [2.24, 2.45) is 0 Å². The Kier molecular flexibility index (Phi) is 6.41. The Bertz CT molecular complexity index is 1120. The smallest absolute Gasteiger partial charge is 0.124 e. The van der Waals surface area contributed by atoms with Crippen molar-refractivity contribution in [2.45, 2.75) is 20.1 Å². The second-order valence-corrected chi connectivity index (χ2v) is 7.43. The molecule has 0 aliphatic heterocycles. The summed E-state index contributed by atoms with van der Waals surface area (Å²) in [6.07, 6.45) is 0. The number of ether oxygens (including phenoxy) is 2. The van der Waals surface area contributed by atoms with E-state index in [4.69, 9.17) is 21.1 Å². The molecule has 1 N–H and O–H groups in total. The number of nitrogens with one attached hydrogen (secondary N) is 1.